The molecule has 2 N–H and O–H groups in total. The fourth-order valence-electron chi connectivity index (χ4n) is 4.24. The number of hydrogen-bond acceptors (Lipinski definition) is 7. The van der Waals surface area contributed by atoms with Crippen LogP contribution in [-0.4, -0.2) is 36.7 Å². The van der Waals surface area contributed by atoms with Crippen LogP contribution in [0, 0.1) is 0 Å². The van der Waals surface area contributed by atoms with Gasteiger partial charge in [-0.1, -0.05) is 12.1 Å². The second-order valence-electron chi connectivity index (χ2n) is 7.93. The van der Waals surface area contributed by atoms with E-state index in [0.29, 0.717) is 36.8 Å². The van der Waals surface area contributed by atoms with E-state index >= 15 is 0 Å². The number of anilines is 1. The second-order valence-corrected chi connectivity index (χ2v) is 9.02. The highest BCUT2D eigenvalue weighted by molar-refractivity contribution is 7.19. The third-order valence-electron chi connectivity index (χ3n) is 5.84. The Hall–Kier alpha value is -3.98. The van der Waals surface area contributed by atoms with Crippen LogP contribution in [0.5, 0.6) is 5.75 Å². The predicted octanol–water partition coefficient (Wildman–Crippen LogP) is 3.70. The number of rotatable bonds is 4. The average molecular weight is 457 g/mol. The molecule has 4 aromatic heterocycles. The number of amides is 1. The third kappa shape index (κ3) is 3.56. The highest BCUT2D eigenvalue weighted by Gasteiger charge is 2.26. The molecule has 9 heteroatoms. The van der Waals surface area contributed by atoms with Crippen LogP contribution in [0.25, 0.3) is 15.9 Å². The van der Waals surface area contributed by atoms with Gasteiger partial charge in [0.1, 0.15) is 35.0 Å². The number of carbonyl (C=O) groups is 1. The summed E-state index contributed by atoms with van der Waals surface area (Å²) in [6, 6.07) is 13.2. The maximum absolute atomic E-state index is 13.2. The zero-order chi connectivity index (χ0) is 22.4. The van der Waals surface area contributed by atoms with Crippen molar-refractivity contribution in [2.24, 2.45) is 0 Å². The minimum absolute atomic E-state index is 0.0182. The summed E-state index contributed by atoms with van der Waals surface area (Å²) in [5.74, 6) is 1.13. The lowest BCUT2D eigenvalue weighted by Gasteiger charge is -2.27. The summed E-state index contributed by atoms with van der Waals surface area (Å²) in [5.41, 5.74) is 9.55. The number of ether oxygens (including phenoxy) is 1. The van der Waals surface area contributed by atoms with Gasteiger partial charge in [-0.25, -0.2) is 15.0 Å². The lowest BCUT2D eigenvalue weighted by atomic mass is 10.0. The van der Waals surface area contributed by atoms with E-state index in [1.807, 2.05) is 58.1 Å². The summed E-state index contributed by atoms with van der Waals surface area (Å²) in [7, 11) is 0. The second kappa shape index (κ2) is 7.86. The first-order chi connectivity index (χ1) is 16.2. The molecule has 164 valence electrons. The number of nitrogens with zero attached hydrogens (tertiary/aromatic N) is 5. The van der Waals surface area contributed by atoms with Crippen molar-refractivity contribution in [3.05, 3.63) is 82.9 Å². The molecule has 33 heavy (non-hydrogen) atoms. The van der Waals surface area contributed by atoms with Crippen LogP contribution in [-0.2, 0) is 19.6 Å². The van der Waals surface area contributed by atoms with Gasteiger partial charge in [0.25, 0.3) is 5.91 Å². The number of aromatic nitrogens is 4. The molecule has 0 atom stereocenters. The molecule has 0 saturated heterocycles. The van der Waals surface area contributed by atoms with Crippen molar-refractivity contribution in [2.75, 3.05) is 12.3 Å². The monoisotopic (exact) mass is 456 g/mol. The van der Waals surface area contributed by atoms with Crippen LogP contribution in [0.4, 0.5) is 5.82 Å². The summed E-state index contributed by atoms with van der Waals surface area (Å²) in [6.07, 6.45) is 6.12. The first-order valence-electron chi connectivity index (χ1n) is 10.6. The van der Waals surface area contributed by atoms with Crippen LogP contribution in [0.15, 0.2) is 61.2 Å². The molecule has 0 bridgehead atoms. The molecule has 0 spiro atoms. The molecule has 8 nitrogen and oxygen atoms in total. The number of carbonyl (C=O) groups excluding carboxylic acids is 1. The molecular weight excluding hydrogens is 436 g/mol. The van der Waals surface area contributed by atoms with Crippen molar-refractivity contribution in [1.29, 1.82) is 0 Å². The van der Waals surface area contributed by atoms with Gasteiger partial charge >= 0.3 is 0 Å². The molecule has 1 amide bonds. The number of thiophene rings is 1. The SMILES string of the molecule is Nc1ncnc2sc3c(c12)CCN(C(=O)c1cccc(OCc2cn4ccccc4n2)c1)C3. The summed E-state index contributed by atoms with van der Waals surface area (Å²) >= 11 is 1.58. The van der Waals surface area contributed by atoms with E-state index in [0.717, 1.165) is 32.9 Å². The summed E-state index contributed by atoms with van der Waals surface area (Å²) in [6.45, 7) is 1.50. The first-order valence-corrected chi connectivity index (χ1v) is 11.4. The largest absolute Gasteiger partial charge is 0.487 e. The summed E-state index contributed by atoms with van der Waals surface area (Å²) in [4.78, 5) is 30.1. The molecule has 0 saturated carbocycles. The van der Waals surface area contributed by atoms with Crippen LogP contribution in [0.2, 0.25) is 0 Å². The van der Waals surface area contributed by atoms with E-state index in [4.69, 9.17) is 10.5 Å². The standard InChI is InChI=1S/C24H20N6O2S/c25-22-21-18-7-9-30(12-19(18)33-23(21)27-14-26-22)24(31)15-4-3-5-17(10-15)32-13-16-11-29-8-2-1-6-20(29)28-16/h1-6,8,10-11,14H,7,9,12-13H2,(H2,25,26,27). The van der Waals surface area contributed by atoms with Gasteiger partial charge in [0.15, 0.2) is 0 Å². The smallest absolute Gasteiger partial charge is 0.254 e. The van der Waals surface area contributed by atoms with Gasteiger partial charge < -0.3 is 19.8 Å². The molecular formula is C24H20N6O2S. The molecule has 0 radical (unpaired) electrons. The van der Waals surface area contributed by atoms with Crippen LogP contribution >= 0.6 is 11.3 Å². The highest BCUT2D eigenvalue weighted by Crippen LogP contribution is 2.36. The van der Waals surface area contributed by atoms with Crippen molar-refractivity contribution >= 4 is 38.9 Å². The minimum Gasteiger partial charge on any atom is -0.487 e. The van der Waals surface area contributed by atoms with Crippen molar-refractivity contribution in [3.8, 4) is 5.75 Å². The number of pyridine rings is 1. The highest BCUT2D eigenvalue weighted by atomic mass is 32.1. The average Bonchev–Trinajstić information content (AvgIpc) is 3.43. The molecule has 5 aromatic rings. The Kier molecular flexibility index (Phi) is 4.69. The minimum atomic E-state index is -0.0182. The van der Waals surface area contributed by atoms with E-state index < -0.39 is 0 Å². The molecule has 0 fully saturated rings. The van der Waals surface area contributed by atoms with E-state index in [1.54, 1.807) is 17.4 Å². The van der Waals surface area contributed by atoms with Gasteiger partial charge in [0.2, 0.25) is 0 Å². The van der Waals surface area contributed by atoms with Gasteiger partial charge in [-0.05, 0) is 42.3 Å². The van der Waals surface area contributed by atoms with E-state index in [-0.39, 0.29) is 5.91 Å². The van der Waals surface area contributed by atoms with Crippen molar-refractivity contribution < 1.29 is 9.53 Å². The molecule has 0 unspecified atom stereocenters. The Bertz CT molecular complexity index is 1470. The number of fused-ring (bicyclic) bond motifs is 4. The Morgan fingerprint density at radius 3 is 3.03 bits per heavy atom. The van der Waals surface area contributed by atoms with Gasteiger partial charge in [0.05, 0.1) is 17.6 Å². The maximum atomic E-state index is 13.2. The maximum Gasteiger partial charge on any atom is 0.254 e. The molecule has 1 aliphatic heterocycles. The summed E-state index contributed by atoms with van der Waals surface area (Å²) < 4.78 is 7.89. The molecule has 5 heterocycles. The van der Waals surface area contributed by atoms with E-state index in [2.05, 4.69) is 15.0 Å². The van der Waals surface area contributed by atoms with E-state index in [9.17, 15) is 4.79 Å². The van der Waals surface area contributed by atoms with Crippen LogP contribution in [0.1, 0.15) is 26.5 Å². The van der Waals surface area contributed by atoms with Crippen LogP contribution < -0.4 is 10.5 Å². The first kappa shape index (κ1) is 19.7. The van der Waals surface area contributed by atoms with Crippen molar-refractivity contribution in [3.63, 3.8) is 0 Å². The van der Waals surface area contributed by atoms with Crippen molar-refractivity contribution in [2.45, 2.75) is 19.6 Å². The Labute approximate surface area is 193 Å². The Morgan fingerprint density at radius 1 is 1.18 bits per heavy atom. The number of hydrogen-bond donors (Lipinski definition) is 1. The number of benzene rings is 1. The molecule has 0 aliphatic carbocycles. The topological polar surface area (TPSA) is 98.6 Å². The lowest BCUT2D eigenvalue weighted by molar-refractivity contribution is 0.0737. The summed E-state index contributed by atoms with van der Waals surface area (Å²) in [5, 5.41) is 0.937. The Morgan fingerprint density at radius 2 is 2.12 bits per heavy atom. The van der Waals surface area contributed by atoms with E-state index in [1.165, 1.54) is 11.9 Å². The molecule has 6 rings (SSSR count). The van der Waals surface area contributed by atoms with Crippen molar-refractivity contribution in [1.82, 2.24) is 24.3 Å². The zero-order valence-electron chi connectivity index (χ0n) is 17.6. The third-order valence-corrected chi connectivity index (χ3v) is 6.96. The molecule has 1 aliphatic rings. The van der Waals surface area contributed by atoms with Gasteiger partial charge in [-0.3, -0.25) is 4.79 Å². The normalized spacial score (nSPS) is 13.4. The lowest BCUT2D eigenvalue weighted by Crippen LogP contribution is -2.35. The number of nitrogen functional groups attached to an aromatic ring is 1. The fourth-order valence-corrected chi connectivity index (χ4v) is 5.45. The number of nitrogens with two attached hydrogens (primary N) is 1. The quantitative estimate of drug-likeness (QED) is 0.443. The van der Waals surface area contributed by atoms with Crippen LogP contribution in [0.3, 0.4) is 0 Å². The Balaban J connectivity index is 1.18. The van der Waals surface area contributed by atoms with Gasteiger partial charge in [-0.15, -0.1) is 11.3 Å². The molecule has 1 aromatic carbocycles. The number of imidazole rings is 1. The zero-order valence-corrected chi connectivity index (χ0v) is 18.5. The predicted molar refractivity (Wildman–Crippen MR) is 126 cm³/mol. The van der Waals surface area contributed by atoms with Gasteiger partial charge in [-0.2, -0.15) is 0 Å². The fraction of sp³-hybridized carbons (Fsp3) is 0.167. The van der Waals surface area contributed by atoms with Gasteiger partial charge in [0, 0.05) is 29.4 Å².